The van der Waals surface area contributed by atoms with Gasteiger partial charge >= 0.3 is 0 Å². The molecule has 0 bridgehead atoms. The van der Waals surface area contributed by atoms with Crippen molar-refractivity contribution < 1.29 is 9.59 Å². The number of hydrogen-bond acceptors (Lipinski definition) is 3. The number of para-hydroxylation sites is 2. The summed E-state index contributed by atoms with van der Waals surface area (Å²) in [6.07, 6.45) is 2.10. The fourth-order valence-corrected chi connectivity index (χ4v) is 2.85. The third-order valence-electron chi connectivity index (χ3n) is 4.23. The molecular formula is C19H17ClN4O2. The second-order valence-electron chi connectivity index (χ2n) is 6.24. The molecule has 132 valence electrons. The van der Waals surface area contributed by atoms with Gasteiger partial charge in [-0.25, -0.2) is 4.98 Å². The molecule has 26 heavy (non-hydrogen) atoms. The van der Waals surface area contributed by atoms with Crippen LogP contribution in [0.25, 0.3) is 16.7 Å². The maximum absolute atomic E-state index is 12.2. The Morgan fingerprint density at radius 1 is 1.12 bits per heavy atom. The molecule has 1 aliphatic rings. The first kappa shape index (κ1) is 16.6. The first-order valence-electron chi connectivity index (χ1n) is 8.40. The van der Waals surface area contributed by atoms with Crippen LogP contribution in [-0.2, 0) is 4.79 Å². The van der Waals surface area contributed by atoms with Gasteiger partial charge in [-0.05, 0) is 49.2 Å². The molecule has 7 heteroatoms. The van der Waals surface area contributed by atoms with E-state index < -0.39 is 0 Å². The van der Waals surface area contributed by atoms with E-state index in [0.29, 0.717) is 17.6 Å². The number of carbonyl (C=O) groups excluding carboxylic acids is 2. The van der Waals surface area contributed by atoms with Crippen molar-refractivity contribution in [2.75, 3.05) is 11.2 Å². The summed E-state index contributed by atoms with van der Waals surface area (Å²) in [7, 11) is 0. The molecule has 0 saturated heterocycles. The third-order valence-corrected chi connectivity index (χ3v) is 4.48. The molecule has 2 N–H and O–H groups in total. The van der Waals surface area contributed by atoms with E-state index in [2.05, 4.69) is 15.6 Å². The number of rotatable bonds is 5. The molecule has 0 unspecified atom stereocenters. The molecular weight excluding hydrogens is 352 g/mol. The monoisotopic (exact) mass is 368 g/mol. The van der Waals surface area contributed by atoms with Crippen molar-refractivity contribution in [1.29, 1.82) is 0 Å². The van der Waals surface area contributed by atoms with Gasteiger partial charge in [-0.1, -0.05) is 12.1 Å². The van der Waals surface area contributed by atoms with E-state index in [9.17, 15) is 9.59 Å². The first-order valence-corrected chi connectivity index (χ1v) is 8.94. The van der Waals surface area contributed by atoms with Crippen LogP contribution in [0.4, 0.5) is 5.95 Å². The van der Waals surface area contributed by atoms with E-state index in [0.717, 1.165) is 29.6 Å². The lowest BCUT2D eigenvalue weighted by molar-refractivity contribution is -0.114. The van der Waals surface area contributed by atoms with Crippen LogP contribution in [0.2, 0.25) is 0 Å². The Labute approximate surface area is 155 Å². The maximum Gasteiger partial charge on any atom is 0.251 e. The number of benzene rings is 2. The number of anilines is 1. The summed E-state index contributed by atoms with van der Waals surface area (Å²) in [4.78, 5) is 28.4. The average Bonchev–Trinajstić information content (AvgIpc) is 3.40. The Morgan fingerprint density at radius 3 is 2.54 bits per heavy atom. The summed E-state index contributed by atoms with van der Waals surface area (Å²) >= 11 is 5.61. The molecule has 2 amide bonds. The molecule has 1 aromatic heterocycles. The molecule has 6 nitrogen and oxygen atoms in total. The highest BCUT2D eigenvalue weighted by molar-refractivity contribution is 6.29. The van der Waals surface area contributed by atoms with Gasteiger partial charge in [0.15, 0.2) is 0 Å². The standard InChI is InChI=1S/C19H17ClN4O2/c20-11-17(25)23-19-22-15-3-1-2-4-16(15)24(19)14-9-5-12(6-10-14)18(26)21-13-7-8-13/h1-6,9-10,13H,7-8,11H2,(H,21,26)(H,22,23,25). The maximum atomic E-state index is 12.2. The Morgan fingerprint density at radius 2 is 1.85 bits per heavy atom. The molecule has 1 aliphatic carbocycles. The summed E-state index contributed by atoms with van der Waals surface area (Å²) in [5.74, 6) is -0.148. The summed E-state index contributed by atoms with van der Waals surface area (Å²) in [6.45, 7) is 0. The van der Waals surface area contributed by atoms with Crippen molar-refractivity contribution in [3.63, 3.8) is 0 Å². The number of hydrogen-bond donors (Lipinski definition) is 2. The van der Waals surface area contributed by atoms with E-state index in [1.807, 2.05) is 41.0 Å². The number of carbonyl (C=O) groups is 2. The number of aromatic nitrogens is 2. The molecule has 0 radical (unpaired) electrons. The molecule has 1 fully saturated rings. The predicted molar refractivity (Wildman–Crippen MR) is 101 cm³/mol. The smallest absolute Gasteiger partial charge is 0.251 e. The second-order valence-corrected chi connectivity index (χ2v) is 6.50. The molecule has 2 aromatic carbocycles. The van der Waals surface area contributed by atoms with Crippen LogP contribution in [0.3, 0.4) is 0 Å². The minimum Gasteiger partial charge on any atom is -0.349 e. The first-order chi connectivity index (χ1) is 12.7. The molecule has 0 spiro atoms. The number of nitrogens with one attached hydrogen (secondary N) is 2. The van der Waals surface area contributed by atoms with Crippen molar-refractivity contribution >= 4 is 40.4 Å². The van der Waals surface area contributed by atoms with Crippen LogP contribution in [0, 0.1) is 0 Å². The molecule has 1 saturated carbocycles. The minimum atomic E-state index is -0.330. The fourth-order valence-electron chi connectivity index (χ4n) is 2.79. The lowest BCUT2D eigenvalue weighted by Crippen LogP contribution is -2.25. The highest BCUT2D eigenvalue weighted by atomic mass is 35.5. The largest absolute Gasteiger partial charge is 0.349 e. The minimum absolute atomic E-state index is 0.0646. The van der Waals surface area contributed by atoms with Crippen molar-refractivity contribution in [2.45, 2.75) is 18.9 Å². The molecule has 0 atom stereocenters. The summed E-state index contributed by atoms with van der Waals surface area (Å²) in [5, 5.41) is 5.69. The predicted octanol–water partition coefficient (Wildman–Crippen LogP) is 3.10. The quantitative estimate of drug-likeness (QED) is 0.679. The van der Waals surface area contributed by atoms with Gasteiger partial charge in [-0.3, -0.25) is 19.5 Å². The highest BCUT2D eigenvalue weighted by Crippen LogP contribution is 2.25. The van der Waals surface area contributed by atoms with Crippen molar-refractivity contribution in [3.8, 4) is 5.69 Å². The van der Waals surface area contributed by atoms with Gasteiger partial charge in [0, 0.05) is 17.3 Å². The number of imidazole rings is 1. The zero-order chi connectivity index (χ0) is 18.1. The van der Waals surface area contributed by atoms with E-state index in [1.54, 1.807) is 12.1 Å². The number of alkyl halides is 1. The molecule has 1 heterocycles. The van der Waals surface area contributed by atoms with Crippen LogP contribution in [0.15, 0.2) is 48.5 Å². The van der Waals surface area contributed by atoms with Crippen LogP contribution in [0.5, 0.6) is 0 Å². The topological polar surface area (TPSA) is 76.0 Å². The van der Waals surface area contributed by atoms with Crippen molar-refractivity contribution in [2.24, 2.45) is 0 Å². The van der Waals surface area contributed by atoms with E-state index in [-0.39, 0.29) is 17.7 Å². The van der Waals surface area contributed by atoms with E-state index >= 15 is 0 Å². The fraction of sp³-hybridized carbons (Fsp3) is 0.211. The van der Waals surface area contributed by atoms with Crippen LogP contribution < -0.4 is 10.6 Å². The van der Waals surface area contributed by atoms with Crippen LogP contribution >= 0.6 is 11.6 Å². The number of nitrogens with zero attached hydrogens (tertiary/aromatic N) is 2. The number of amides is 2. The Balaban J connectivity index is 1.71. The average molecular weight is 369 g/mol. The van der Waals surface area contributed by atoms with Crippen LogP contribution in [0.1, 0.15) is 23.2 Å². The van der Waals surface area contributed by atoms with Crippen LogP contribution in [-0.4, -0.2) is 33.3 Å². The Bertz CT molecular complexity index is 977. The molecule has 0 aliphatic heterocycles. The van der Waals surface area contributed by atoms with Gasteiger partial charge in [-0.2, -0.15) is 0 Å². The zero-order valence-corrected chi connectivity index (χ0v) is 14.7. The van der Waals surface area contributed by atoms with Gasteiger partial charge in [0.1, 0.15) is 5.88 Å². The Hall–Kier alpha value is -2.86. The summed E-state index contributed by atoms with van der Waals surface area (Å²) in [6, 6.07) is 15.1. The SMILES string of the molecule is O=C(CCl)Nc1nc2ccccc2n1-c1ccc(C(=O)NC2CC2)cc1. The van der Waals surface area contributed by atoms with Gasteiger partial charge in [0.05, 0.1) is 11.0 Å². The normalized spacial score (nSPS) is 13.6. The lowest BCUT2D eigenvalue weighted by atomic mass is 10.2. The number of fused-ring (bicyclic) bond motifs is 1. The lowest BCUT2D eigenvalue weighted by Gasteiger charge is -2.10. The van der Waals surface area contributed by atoms with E-state index in [4.69, 9.17) is 11.6 Å². The Kier molecular flexibility index (Phi) is 4.34. The van der Waals surface area contributed by atoms with Crippen molar-refractivity contribution in [3.05, 3.63) is 54.1 Å². The van der Waals surface area contributed by atoms with Gasteiger partial charge in [0.25, 0.3) is 5.91 Å². The number of halogens is 1. The summed E-state index contributed by atoms with van der Waals surface area (Å²) < 4.78 is 1.84. The molecule has 3 aromatic rings. The van der Waals surface area contributed by atoms with Gasteiger partial charge in [0.2, 0.25) is 11.9 Å². The molecule has 4 rings (SSSR count). The highest BCUT2D eigenvalue weighted by Gasteiger charge is 2.23. The third kappa shape index (κ3) is 3.28. The van der Waals surface area contributed by atoms with Crippen molar-refractivity contribution in [1.82, 2.24) is 14.9 Å². The van der Waals surface area contributed by atoms with Gasteiger partial charge in [-0.15, -0.1) is 11.6 Å². The zero-order valence-electron chi connectivity index (χ0n) is 13.9. The van der Waals surface area contributed by atoms with E-state index in [1.165, 1.54) is 0 Å². The van der Waals surface area contributed by atoms with Gasteiger partial charge < -0.3 is 5.32 Å². The summed E-state index contributed by atoms with van der Waals surface area (Å²) in [5.41, 5.74) is 3.02. The second kappa shape index (κ2) is 6.80.